The highest BCUT2D eigenvalue weighted by atomic mass is 127. The fourth-order valence-electron chi connectivity index (χ4n) is 2.68. The van der Waals surface area contributed by atoms with E-state index in [1.54, 1.807) is 12.1 Å². The minimum absolute atomic E-state index is 0. The van der Waals surface area contributed by atoms with E-state index in [1.807, 2.05) is 19.1 Å². The maximum atomic E-state index is 11.1. The molecule has 26 heavy (non-hydrogen) atoms. The van der Waals surface area contributed by atoms with Gasteiger partial charge in [0.05, 0.1) is 19.8 Å². The molecule has 2 rings (SSSR count). The summed E-state index contributed by atoms with van der Waals surface area (Å²) in [7, 11) is 0. The highest BCUT2D eigenvalue weighted by Crippen LogP contribution is 2.05. The molecule has 0 saturated carbocycles. The minimum Gasteiger partial charge on any atom is -0.379 e. The summed E-state index contributed by atoms with van der Waals surface area (Å²) in [6, 6.07) is 7.64. The van der Waals surface area contributed by atoms with E-state index < -0.39 is 5.91 Å². The van der Waals surface area contributed by atoms with Gasteiger partial charge >= 0.3 is 0 Å². The number of aliphatic imine (C=N–C) groups is 1. The molecule has 0 aliphatic carbocycles. The Morgan fingerprint density at radius 1 is 1.27 bits per heavy atom. The summed E-state index contributed by atoms with van der Waals surface area (Å²) in [5.74, 6) is 0.378. The molecule has 1 amide bonds. The van der Waals surface area contributed by atoms with Gasteiger partial charge in [0, 0.05) is 37.8 Å². The van der Waals surface area contributed by atoms with Crippen LogP contribution in [0.4, 0.5) is 0 Å². The molecule has 7 nitrogen and oxygen atoms in total. The van der Waals surface area contributed by atoms with Crippen molar-refractivity contribution in [2.75, 3.05) is 39.4 Å². The van der Waals surface area contributed by atoms with Crippen LogP contribution in [-0.4, -0.2) is 62.2 Å². The highest BCUT2D eigenvalue weighted by Gasteiger charge is 2.16. The summed E-state index contributed by atoms with van der Waals surface area (Å²) in [5, 5.41) is 6.66. The molecule has 1 aromatic rings. The monoisotopic (exact) mass is 475 g/mol. The van der Waals surface area contributed by atoms with Crippen molar-refractivity contribution >= 4 is 35.8 Å². The van der Waals surface area contributed by atoms with Crippen LogP contribution in [0.25, 0.3) is 0 Å². The molecular formula is C18H30IN5O2. The maximum absolute atomic E-state index is 11.1. The Balaban J connectivity index is 0.00000338. The lowest BCUT2D eigenvalue weighted by atomic mass is 10.1. The lowest BCUT2D eigenvalue weighted by molar-refractivity contribution is 0.0211. The number of primary amides is 1. The molecule has 1 aliphatic rings. The third kappa shape index (κ3) is 7.46. The molecule has 1 fully saturated rings. The van der Waals surface area contributed by atoms with Crippen LogP contribution in [-0.2, 0) is 11.3 Å². The van der Waals surface area contributed by atoms with Crippen LogP contribution in [0, 0.1) is 0 Å². The quantitative estimate of drug-likeness (QED) is 0.313. The fourth-order valence-corrected chi connectivity index (χ4v) is 2.68. The Labute approximate surface area is 172 Å². The standard InChI is InChI=1S/C18H29N5O2.HI/c1-3-20-18(21-12-14(2)23-8-10-25-11-9-23)22-13-15-4-6-16(7-5-15)17(19)24;/h4-7,14H,3,8-13H2,1-2H3,(H2,19,24)(H2,20,21,22);1H. The predicted molar refractivity (Wildman–Crippen MR) is 115 cm³/mol. The number of hydrogen-bond acceptors (Lipinski definition) is 4. The average molecular weight is 475 g/mol. The first kappa shape index (κ1) is 22.7. The fraction of sp³-hybridized carbons (Fsp3) is 0.556. The zero-order valence-corrected chi connectivity index (χ0v) is 17.9. The first-order valence-electron chi connectivity index (χ1n) is 8.83. The van der Waals surface area contributed by atoms with Crippen LogP contribution in [0.5, 0.6) is 0 Å². The van der Waals surface area contributed by atoms with Crippen molar-refractivity contribution in [1.29, 1.82) is 0 Å². The number of guanidine groups is 1. The summed E-state index contributed by atoms with van der Waals surface area (Å²) in [4.78, 5) is 18.1. The summed E-state index contributed by atoms with van der Waals surface area (Å²) in [6.45, 7) is 9.99. The predicted octanol–water partition coefficient (Wildman–Crippen LogP) is 1.18. The molecule has 1 unspecified atom stereocenters. The van der Waals surface area contributed by atoms with E-state index in [-0.39, 0.29) is 24.0 Å². The number of nitrogens with two attached hydrogens (primary N) is 1. The number of benzene rings is 1. The van der Waals surface area contributed by atoms with Crippen molar-refractivity contribution in [3.8, 4) is 0 Å². The zero-order valence-electron chi connectivity index (χ0n) is 15.5. The van der Waals surface area contributed by atoms with Crippen molar-refractivity contribution in [3.63, 3.8) is 0 Å². The van der Waals surface area contributed by atoms with E-state index >= 15 is 0 Å². The van der Waals surface area contributed by atoms with Crippen LogP contribution in [0.3, 0.4) is 0 Å². The number of carbonyl (C=O) groups excluding carboxylic acids is 1. The molecule has 1 aliphatic heterocycles. The van der Waals surface area contributed by atoms with Crippen molar-refractivity contribution in [3.05, 3.63) is 35.4 Å². The van der Waals surface area contributed by atoms with Crippen LogP contribution >= 0.6 is 24.0 Å². The lowest BCUT2D eigenvalue weighted by Crippen LogP contribution is -2.49. The van der Waals surface area contributed by atoms with Gasteiger partial charge in [-0.1, -0.05) is 12.1 Å². The third-order valence-corrected chi connectivity index (χ3v) is 4.24. The zero-order chi connectivity index (χ0) is 18.1. The van der Waals surface area contributed by atoms with E-state index in [1.165, 1.54) is 0 Å². The molecule has 8 heteroatoms. The Kier molecular flexibility index (Phi) is 10.5. The number of ether oxygens (including phenoxy) is 1. The first-order valence-corrected chi connectivity index (χ1v) is 8.83. The third-order valence-electron chi connectivity index (χ3n) is 4.24. The first-order chi connectivity index (χ1) is 12.1. The smallest absolute Gasteiger partial charge is 0.248 e. The molecule has 146 valence electrons. The number of amides is 1. The molecule has 1 aromatic carbocycles. The van der Waals surface area contributed by atoms with Gasteiger partial charge in [0.25, 0.3) is 0 Å². The van der Waals surface area contributed by atoms with Crippen molar-refractivity contribution < 1.29 is 9.53 Å². The Bertz CT molecular complexity index is 573. The Morgan fingerprint density at radius 2 is 1.92 bits per heavy atom. The number of nitrogens with zero attached hydrogens (tertiary/aromatic N) is 2. The molecule has 1 saturated heterocycles. The number of nitrogens with one attached hydrogen (secondary N) is 2. The van der Waals surface area contributed by atoms with Gasteiger partial charge < -0.3 is 21.1 Å². The van der Waals surface area contributed by atoms with Gasteiger partial charge in [0.1, 0.15) is 0 Å². The molecule has 1 atom stereocenters. The topological polar surface area (TPSA) is 92.0 Å². The second-order valence-corrected chi connectivity index (χ2v) is 6.13. The Morgan fingerprint density at radius 3 is 2.50 bits per heavy atom. The molecule has 0 radical (unpaired) electrons. The normalized spacial score (nSPS) is 16.5. The van der Waals surface area contributed by atoms with Crippen molar-refractivity contribution in [2.45, 2.75) is 26.4 Å². The molecule has 4 N–H and O–H groups in total. The SMILES string of the molecule is CCNC(=NCc1ccc(C(N)=O)cc1)NCC(C)N1CCOCC1.I. The van der Waals surface area contributed by atoms with Gasteiger partial charge in [0.15, 0.2) is 5.96 Å². The van der Waals surface area contributed by atoms with Gasteiger partial charge in [-0.05, 0) is 31.5 Å². The van der Waals surface area contributed by atoms with Crippen LogP contribution in [0.1, 0.15) is 29.8 Å². The second kappa shape index (κ2) is 12.1. The molecule has 0 bridgehead atoms. The maximum Gasteiger partial charge on any atom is 0.248 e. The number of morpholine rings is 1. The molecule has 0 spiro atoms. The number of rotatable bonds is 7. The van der Waals surface area contributed by atoms with Crippen molar-refractivity contribution in [2.24, 2.45) is 10.7 Å². The molecular weight excluding hydrogens is 445 g/mol. The second-order valence-electron chi connectivity index (χ2n) is 6.13. The summed E-state index contributed by atoms with van der Waals surface area (Å²) >= 11 is 0. The van der Waals surface area contributed by atoms with E-state index in [9.17, 15) is 4.79 Å². The summed E-state index contributed by atoms with van der Waals surface area (Å²) in [6.07, 6.45) is 0. The van der Waals surface area contributed by atoms with Crippen molar-refractivity contribution in [1.82, 2.24) is 15.5 Å². The van der Waals surface area contributed by atoms with Gasteiger partial charge in [-0.25, -0.2) is 4.99 Å². The number of hydrogen-bond donors (Lipinski definition) is 3. The van der Waals surface area contributed by atoms with E-state index in [0.29, 0.717) is 18.2 Å². The van der Waals surface area contributed by atoms with E-state index in [2.05, 4.69) is 27.4 Å². The van der Waals surface area contributed by atoms with Gasteiger partial charge in [-0.15, -0.1) is 24.0 Å². The van der Waals surface area contributed by atoms with Crippen LogP contribution in [0.15, 0.2) is 29.3 Å². The van der Waals surface area contributed by atoms with Crippen LogP contribution in [0.2, 0.25) is 0 Å². The van der Waals surface area contributed by atoms with Gasteiger partial charge in [0.2, 0.25) is 5.91 Å². The molecule has 1 heterocycles. The highest BCUT2D eigenvalue weighted by molar-refractivity contribution is 14.0. The van der Waals surface area contributed by atoms with E-state index in [4.69, 9.17) is 10.5 Å². The summed E-state index contributed by atoms with van der Waals surface area (Å²) < 4.78 is 5.40. The minimum atomic E-state index is -0.415. The lowest BCUT2D eigenvalue weighted by Gasteiger charge is -2.32. The van der Waals surface area contributed by atoms with Gasteiger partial charge in [-0.2, -0.15) is 0 Å². The van der Waals surface area contributed by atoms with Crippen LogP contribution < -0.4 is 16.4 Å². The number of carbonyl (C=O) groups is 1. The molecule has 0 aromatic heterocycles. The average Bonchev–Trinajstić information content (AvgIpc) is 2.64. The Hall–Kier alpha value is -1.39. The number of halogens is 1. The van der Waals surface area contributed by atoms with Gasteiger partial charge in [-0.3, -0.25) is 9.69 Å². The summed E-state index contributed by atoms with van der Waals surface area (Å²) in [5.41, 5.74) is 6.80. The largest absolute Gasteiger partial charge is 0.379 e. The van der Waals surface area contributed by atoms with E-state index in [0.717, 1.165) is 50.9 Å².